The van der Waals surface area contributed by atoms with Gasteiger partial charge in [-0.1, -0.05) is 6.07 Å². The molecule has 0 aliphatic heterocycles. The third-order valence-corrected chi connectivity index (χ3v) is 5.65. The number of benzene rings is 1. The summed E-state index contributed by atoms with van der Waals surface area (Å²) in [5.41, 5.74) is 6.94. The maximum atomic E-state index is 12.5. The highest BCUT2D eigenvalue weighted by molar-refractivity contribution is 7.89. The lowest BCUT2D eigenvalue weighted by Crippen LogP contribution is -2.38. The summed E-state index contributed by atoms with van der Waals surface area (Å²) in [6.45, 7) is 1.80. The number of rotatable bonds is 5. The summed E-state index contributed by atoms with van der Waals surface area (Å²) in [5, 5.41) is 0. The molecule has 0 heterocycles. The van der Waals surface area contributed by atoms with Gasteiger partial charge in [-0.15, -0.1) is 0 Å². The Balaban J connectivity index is 1.87. The molecule has 0 aromatic heterocycles. The zero-order valence-corrected chi connectivity index (χ0v) is 11.9. The van der Waals surface area contributed by atoms with Gasteiger partial charge in [0, 0.05) is 11.7 Å². The average Bonchev–Trinajstić information content (AvgIpc) is 3.22. The summed E-state index contributed by atoms with van der Waals surface area (Å²) in [5.74, 6) is 1.09. The van der Waals surface area contributed by atoms with Gasteiger partial charge in [0.2, 0.25) is 10.0 Å². The third kappa shape index (κ3) is 2.77. The first-order valence-electron chi connectivity index (χ1n) is 6.86. The molecule has 1 aromatic carbocycles. The van der Waals surface area contributed by atoms with Gasteiger partial charge in [-0.2, -0.15) is 0 Å². The van der Waals surface area contributed by atoms with E-state index in [-0.39, 0.29) is 6.04 Å². The fraction of sp³-hybridized carbons (Fsp3) is 0.571. The first-order chi connectivity index (χ1) is 8.97. The largest absolute Gasteiger partial charge is 0.399 e. The summed E-state index contributed by atoms with van der Waals surface area (Å²) >= 11 is 0. The van der Waals surface area contributed by atoms with Crippen molar-refractivity contribution in [3.63, 3.8) is 0 Å². The third-order valence-electron chi connectivity index (χ3n) is 4.05. The van der Waals surface area contributed by atoms with Gasteiger partial charge < -0.3 is 5.73 Å². The van der Waals surface area contributed by atoms with Gasteiger partial charge >= 0.3 is 0 Å². The first-order valence-corrected chi connectivity index (χ1v) is 8.34. The molecule has 0 amide bonds. The molecule has 3 rings (SSSR count). The average molecular weight is 280 g/mol. The lowest BCUT2D eigenvalue weighted by Gasteiger charge is -2.18. The van der Waals surface area contributed by atoms with E-state index in [2.05, 4.69) is 4.72 Å². The molecule has 104 valence electrons. The van der Waals surface area contributed by atoms with Crippen LogP contribution in [0.2, 0.25) is 0 Å². The van der Waals surface area contributed by atoms with E-state index in [1.807, 2.05) is 0 Å². The van der Waals surface area contributed by atoms with Crippen molar-refractivity contribution in [1.29, 1.82) is 0 Å². The molecule has 2 saturated carbocycles. The maximum absolute atomic E-state index is 12.5. The van der Waals surface area contributed by atoms with Crippen LogP contribution in [0.3, 0.4) is 0 Å². The van der Waals surface area contributed by atoms with Crippen molar-refractivity contribution < 1.29 is 8.42 Å². The van der Waals surface area contributed by atoms with Crippen LogP contribution in [-0.2, 0) is 10.0 Å². The van der Waals surface area contributed by atoms with Gasteiger partial charge in [0.1, 0.15) is 0 Å². The van der Waals surface area contributed by atoms with Crippen LogP contribution in [0.4, 0.5) is 5.69 Å². The zero-order chi connectivity index (χ0) is 13.6. The standard InChI is InChI=1S/C14H20N2O2S/c1-9-2-7-12(15)8-13(9)19(17,18)16-14(10-3-4-10)11-5-6-11/h2,7-8,10-11,14,16H,3-6,15H2,1H3. The molecule has 19 heavy (non-hydrogen) atoms. The second-order valence-electron chi connectivity index (χ2n) is 5.85. The minimum Gasteiger partial charge on any atom is -0.399 e. The molecule has 2 aliphatic rings. The molecular formula is C14H20N2O2S. The molecule has 0 saturated heterocycles. The Labute approximate surface area is 114 Å². The van der Waals surface area contributed by atoms with E-state index in [1.165, 1.54) is 0 Å². The fourth-order valence-electron chi connectivity index (χ4n) is 2.64. The molecule has 5 heteroatoms. The van der Waals surface area contributed by atoms with Gasteiger partial charge in [0.05, 0.1) is 4.90 Å². The zero-order valence-electron chi connectivity index (χ0n) is 11.1. The van der Waals surface area contributed by atoms with Crippen LogP contribution in [0.25, 0.3) is 0 Å². The predicted molar refractivity (Wildman–Crippen MR) is 75.1 cm³/mol. The summed E-state index contributed by atoms with van der Waals surface area (Å²) in [6.07, 6.45) is 4.61. The number of hydrogen-bond acceptors (Lipinski definition) is 3. The van der Waals surface area contributed by atoms with Crippen molar-refractivity contribution in [1.82, 2.24) is 4.72 Å². The number of sulfonamides is 1. The van der Waals surface area contributed by atoms with Crippen LogP contribution in [-0.4, -0.2) is 14.5 Å². The van der Waals surface area contributed by atoms with Gasteiger partial charge in [-0.05, 0) is 62.1 Å². The lowest BCUT2D eigenvalue weighted by molar-refractivity contribution is 0.471. The van der Waals surface area contributed by atoms with Gasteiger partial charge in [-0.3, -0.25) is 0 Å². The summed E-state index contributed by atoms with van der Waals surface area (Å²) in [7, 11) is -3.45. The highest BCUT2D eigenvalue weighted by Crippen LogP contribution is 2.45. The fourth-order valence-corrected chi connectivity index (χ4v) is 4.29. The Morgan fingerprint density at radius 3 is 2.32 bits per heavy atom. The van der Waals surface area contributed by atoms with Crippen LogP contribution in [0.1, 0.15) is 31.2 Å². The Morgan fingerprint density at radius 1 is 1.21 bits per heavy atom. The molecule has 2 fully saturated rings. The smallest absolute Gasteiger partial charge is 0.241 e. The van der Waals surface area contributed by atoms with E-state index in [0.717, 1.165) is 31.2 Å². The minimum atomic E-state index is -3.45. The van der Waals surface area contributed by atoms with Gasteiger partial charge in [-0.25, -0.2) is 13.1 Å². The molecule has 2 aliphatic carbocycles. The molecule has 1 aromatic rings. The number of aryl methyl sites for hydroxylation is 1. The van der Waals surface area contributed by atoms with Crippen molar-refractivity contribution in [2.45, 2.75) is 43.5 Å². The molecule has 4 nitrogen and oxygen atoms in total. The van der Waals surface area contributed by atoms with Crippen LogP contribution >= 0.6 is 0 Å². The Kier molecular flexibility index (Phi) is 3.06. The van der Waals surface area contributed by atoms with E-state index in [4.69, 9.17) is 5.73 Å². The normalized spacial score (nSPS) is 19.9. The molecule has 0 unspecified atom stereocenters. The van der Waals surface area contributed by atoms with E-state index in [0.29, 0.717) is 22.4 Å². The molecule has 0 bridgehead atoms. The van der Waals surface area contributed by atoms with Crippen molar-refractivity contribution in [3.05, 3.63) is 23.8 Å². The van der Waals surface area contributed by atoms with Crippen molar-refractivity contribution in [3.8, 4) is 0 Å². The Bertz CT molecular complexity index is 577. The number of nitrogen functional groups attached to an aromatic ring is 1. The number of nitrogens with two attached hydrogens (primary N) is 1. The number of anilines is 1. The number of hydrogen-bond donors (Lipinski definition) is 2. The topological polar surface area (TPSA) is 72.2 Å². The molecule has 0 atom stereocenters. The minimum absolute atomic E-state index is 0.130. The van der Waals surface area contributed by atoms with Crippen molar-refractivity contribution in [2.75, 3.05) is 5.73 Å². The SMILES string of the molecule is Cc1ccc(N)cc1S(=O)(=O)NC(C1CC1)C1CC1. The number of nitrogens with one attached hydrogen (secondary N) is 1. The summed E-state index contributed by atoms with van der Waals surface area (Å²) < 4.78 is 27.9. The van der Waals surface area contributed by atoms with Crippen molar-refractivity contribution >= 4 is 15.7 Å². The quantitative estimate of drug-likeness (QED) is 0.811. The monoisotopic (exact) mass is 280 g/mol. The van der Waals surface area contributed by atoms with Gasteiger partial charge in [0.25, 0.3) is 0 Å². The van der Waals surface area contributed by atoms with E-state index < -0.39 is 10.0 Å². The van der Waals surface area contributed by atoms with E-state index in [9.17, 15) is 8.42 Å². The lowest BCUT2D eigenvalue weighted by atomic mass is 10.1. The van der Waals surface area contributed by atoms with Crippen LogP contribution < -0.4 is 10.5 Å². The predicted octanol–water partition coefficient (Wildman–Crippen LogP) is 2.04. The van der Waals surface area contributed by atoms with E-state index >= 15 is 0 Å². The molecular weight excluding hydrogens is 260 g/mol. The maximum Gasteiger partial charge on any atom is 0.241 e. The second-order valence-corrected chi connectivity index (χ2v) is 7.53. The highest BCUT2D eigenvalue weighted by atomic mass is 32.2. The Morgan fingerprint density at radius 2 is 1.79 bits per heavy atom. The van der Waals surface area contributed by atoms with Gasteiger partial charge in [0.15, 0.2) is 0 Å². The molecule has 0 radical (unpaired) electrons. The highest BCUT2D eigenvalue weighted by Gasteiger charge is 2.43. The molecule has 0 spiro atoms. The summed E-state index contributed by atoms with van der Waals surface area (Å²) in [6, 6.07) is 5.17. The van der Waals surface area contributed by atoms with Crippen LogP contribution in [0.5, 0.6) is 0 Å². The molecule has 3 N–H and O–H groups in total. The van der Waals surface area contributed by atoms with Crippen LogP contribution in [0, 0.1) is 18.8 Å². The Hall–Kier alpha value is -1.07. The van der Waals surface area contributed by atoms with E-state index in [1.54, 1.807) is 25.1 Å². The second kappa shape index (κ2) is 4.49. The van der Waals surface area contributed by atoms with Crippen LogP contribution in [0.15, 0.2) is 23.1 Å². The first kappa shape index (κ1) is 12.9. The summed E-state index contributed by atoms with van der Waals surface area (Å²) in [4.78, 5) is 0.318. The van der Waals surface area contributed by atoms with Crippen molar-refractivity contribution in [2.24, 2.45) is 11.8 Å².